The summed E-state index contributed by atoms with van der Waals surface area (Å²) in [4.78, 5) is 0. The van der Waals surface area contributed by atoms with E-state index in [1.165, 1.54) is 0 Å². The maximum Gasteiger partial charge on any atom is 0.122 e. The van der Waals surface area contributed by atoms with E-state index in [2.05, 4.69) is 48.1 Å². The van der Waals surface area contributed by atoms with Crippen LogP contribution < -0.4 is 10.1 Å². The lowest BCUT2D eigenvalue weighted by Crippen LogP contribution is -2.30. The van der Waals surface area contributed by atoms with Gasteiger partial charge in [0.1, 0.15) is 12.4 Å². The first kappa shape index (κ1) is 16.8. The molecular formula is C17H26BrNO2. The third kappa shape index (κ3) is 5.61. The van der Waals surface area contributed by atoms with Crippen molar-refractivity contribution in [1.82, 2.24) is 5.32 Å². The van der Waals surface area contributed by atoms with Gasteiger partial charge in [0.25, 0.3) is 0 Å². The second-order valence-electron chi connectivity index (χ2n) is 6.23. The predicted molar refractivity (Wildman–Crippen MR) is 90.0 cm³/mol. The average Bonchev–Trinajstić information content (AvgIpc) is 2.85. The van der Waals surface area contributed by atoms with Crippen LogP contribution in [0.15, 0.2) is 22.7 Å². The van der Waals surface area contributed by atoms with Crippen LogP contribution in [0, 0.1) is 12.8 Å². The lowest BCUT2D eigenvalue weighted by atomic mass is 10.2. The number of benzene rings is 1. The summed E-state index contributed by atoms with van der Waals surface area (Å²) in [7, 11) is 0. The predicted octanol–water partition coefficient (Wildman–Crippen LogP) is 3.93. The Labute approximate surface area is 136 Å². The smallest absolute Gasteiger partial charge is 0.122 e. The molecule has 2 unspecified atom stereocenters. The van der Waals surface area contributed by atoms with Crippen molar-refractivity contribution < 1.29 is 9.47 Å². The van der Waals surface area contributed by atoms with E-state index in [9.17, 15) is 0 Å². The highest BCUT2D eigenvalue weighted by Crippen LogP contribution is 2.24. The maximum atomic E-state index is 6.03. The summed E-state index contributed by atoms with van der Waals surface area (Å²) in [5.41, 5.74) is 1.15. The second kappa shape index (κ2) is 8.16. The number of hydrogen-bond acceptors (Lipinski definition) is 3. The summed E-state index contributed by atoms with van der Waals surface area (Å²) >= 11 is 3.47. The quantitative estimate of drug-likeness (QED) is 0.803. The molecule has 21 heavy (non-hydrogen) atoms. The Morgan fingerprint density at radius 2 is 2.10 bits per heavy atom. The van der Waals surface area contributed by atoms with Gasteiger partial charge in [-0.2, -0.15) is 0 Å². The van der Waals surface area contributed by atoms with E-state index < -0.39 is 0 Å². The minimum absolute atomic E-state index is 0.221. The number of halogens is 1. The molecule has 0 radical (unpaired) electrons. The number of ether oxygens (including phenoxy) is 2. The third-order valence-corrected chi connectivity index (χ3v) is 4.18. The van der Waals surface area contributed by atoms with Crippen LogP contribution in [0.5, 0.6) is 5.75 Å². The van der Waals surface area contributed by atoms with Crippen molar-refractivity contribution in [2.75, 3.05) is 19.7 Å². The Kier molecular flexibility index (Phi) is 6.52. The van der Waals surface area contributed by atoms with E-state index in [-0.39, 0.29) is 6.10 Å². The van der Waals surface area contributed by atoms with Crippen LogP contribution in [-0.4, -0.2) is 31.9 Å². The van der Waals surface area contributed by atoms with Crippen molar-refractivity contribution in [3.05, 3.63) is 28.2 Å². The summed E-state index contributed by atoms with van der Waals surface area (Å²) in [5.74, 6) is 1.63. The topological polar surface area (TPSA) is 30.5 Å². The summed E-state index contributed by atoms with van der Waals surface area (Å²) in [6.07, 6.45) is 2.77. The largest absolute Gasteiger partial charge is 0.491 e. The van der Waals surface area contributed by atoms with Crippen LogP contribution in [0.4, 0.5) is 0 Å². The zero-order valence-electron chi connectivity index (χ0n) is 13.2. The molecule has 1 fully saturated rings. The van der Waals surface area contributed by atoms with E-state index in [4.69, 9.17) is 9.47 Å². The second-order valence-corrected chi connectivity index (χ2v) is 7.15. The molecule has 0 bridgehead atoms. The normalized spacial score (nSPS) is 22.0. The molecule has 3 nitrogen and oxygen atoms in total. The molecule has 2 rings (SSSR count). The van der Waals surface area contributed by atoms with E-state index in [0.29, 0.717) is 18.6 Å². The van der Waals surface area contributed by atoms with Gasteiger partial charge in [0.05, 0.1) is 12.2 Å². The van der Waals surface area contributed by atoms with Crippen molar-refractivity contribution in [1.29, 1.82) is 0 Å². The molecule has 0 aliphatic carbocycles. The van der Waals surface area contributed by atoms with Crippen molar-refractivity contribution in [2.24, 2.45) is 5.92 Å². The molecule has 0 saturated carbocycles. The van der Waals surface area contributed by atoms with Crippen LogP contribution in [0.3, 0.4) is 0 Å². The molecular weight excluding hydrogens is 330 g/mol. The lowest BCUT2D eigenvalue weighted by Gasteiger charge is -2.16. The Bertz CT molecular complexity index is 450. The summed E-state index contributed by atoms with van der Waals surface area (Å²) in [6, 6.07) is 6.09. The van der Waals surface area contributed by atoms with Crippen LogP contribution in [0.25, 0.3) is 0 Å². The third-order valence-electron chi connectivity index (χ3n) is 3.68. The molecule has 0 aromatic heterocycles. The molecule has 1 aliphatic heterocycles. The summed E-state index contributed by atoms with van der Waals surface area (Å²) in [6.45, 7) is 9.15. The first-order valence-corrected chi connectivity index (χ1v) is 8.59. The van der Waals surface area contributed by atoms with Crippen molar-refractivity contribution in [3.63, 3.8) is 0 Å². The Morgan fingerprint density at radius 1 is 1.33 bits per heavy atom. The monoisotopic (exact) mass is 355 g/mol. The number of nitrogens with one attached hydrogen (secondary N) is 1. The molecule has 1 aromatic carbocycles. The van der Waals surface area contributed by atoms with E-state index >= 15 is 0 Å². The van der Waals surface area contributed by atoms with Crippen molar-refractivity contribution >= 4 is 15.9 Å². The molecule has 0 spiro atoms. The van der Waals surface area contributed by atoms with E-state index in [1.807, 2.05) is 12.1 Å². The van der Waals surface area contributed by atoms with Crippen LogP contribution in [0.2, 0.25) is 0 Å². The summed E-state index contributed by atoms with van der Waals surface area (Å²) in [5, 5.41) is 3.47. The molecule has 1 saturated heterocycles. The Balaban J connectivity index is 1.70. The molecule has 2 atom stereocenters. The highest BCUT2D eigenvalue weighted by molar-refractivity contribution is 9.10. The average molecular weight is 356 g/mol. The van der Waals surface area contributed by atoms with Crippen LogP contribution in [-0.2, 0) is 4.74 Å². The van der Waals surface area contributed by atoms with Crippen LogP contribution >= 0.6 is 15.9 Å². The first-order chi connectivity index (χ1) is 10.0. The Hall–Kier alpha value is -0.580. The van der Waals surface area contributed by atoms with Gasteiger partial charge < -0.3 is 14.8 Å². The van der Waals surface area contributed by atoms with Gasteiger partial charge in [-0.05, 0) is 56.0 Å². The fourth-order valence-corrected chi connectivity index (χ4v) is 3.02. The fraction of sp³-hybridized carbons (Fsp3) is 0.647. The van der Waals surface area contributed by atoms with Gasteiger partial charge >= 0.3 is 0 Å². The molecule has 4 heteroatoms. The van der Waals surface area contributed by atoms with Gasteiger partial charge in [-0.25, -0.2) is 0 Å². The number of aryl methyl sites for hydroxylation is 1. The van der Waals surface area contributed by atoms with E-state index in [1.54, 1.807) is 0 Å². The minimum Gasteiger partial charge on any atom is -0.491 e. The molecule has 1 aliphatic rings. The molecule has 1 aromatic rings. The summed E-state index contributed by atoms with van der Waals surface area (Å²) < 4.78 is 13.0. The fourth-order valence-electron chi connectivity index (χ4n) is 2.54. The molecule has 118 valence electrons. The number of hydrogen-bond donors (Lipinski definition) is 1. The van der Waals surface area contributed by atoms with Gasteiger partial charge in [-0.3, -0.25) is 0 Å². The highest BCUT2D eigenvalue weighted by Gasteiger charge is 2.25. The van der Waals surface area contributed by atoms with Gasteiger partial charge in [-0.15, -0.1) is 0 Å². The van der Waals surface area contributed by atoms with Crippen LogP contribution in [0.1, 0.15) is 32.3 Å². The molecule has 1 N–H and O–H groups in total. The minimum atomic E-state index is 0.221. The molecule has 0 amide bonds. The first-order valence-electron chi connectivity index (χ1n) is 7.79. The number of rotatable bonds is 7. The van der Waals surface area contributed by atoms with Gasteiger partial charge in [0.2, 0.25) is 0 Å². The van der Waals surface area contributed by atoms with Gasteiger partial charge in [-0.1, -0.05) is 29.8 Å². The highest BCUT2D eigenvalue weighted by atomic mass is 79.9. The zero-order chi connectivity index (χ0) is 15.2. The van der Waals surface area contributed by atoms with E-state index in [0.717, 1.165) is 41.7 Å². The van der Waals surface area contributed by atoms with Crippen molar-refractivity contribution in [3.8, 4) is 5.75 Å². The van der Waals surface area contributed by atoms with Gasteiger partial charge in [0.15, 0.2) is 0 Å². The molecule has 1 heterocycles. The zero-order valence-corrected chi connectivity index (χ0v) is 14.8. The Morgan fingerprint density at radius 3 is 2.81 bits per heavy atom. The SMILES string of the molecule is Cc1cc(Br)ccc1OCC1CCC(CNCC(C)C)O1. The van der Waals surface area contributed by atoms with Gasteiger partial charge in [0, 0.05) is 11.0 Å². The van der Waals surface area contributed by atoms with Crippen molar-refractivity contribution in [2.45, 2.75) is 45.8 Å². The maximum absolute atomic E-state index is 6.03. The standard InChI is InChI=1S/C17H26BrNO2/c1-12(2)9-19-10-15-5-6-16(21-15)11-20-17-7-4-14(18)8-13(17)3/h4,7-8,12,15-16,19H,5-6,9-11H2,1-3H3. The lowest BCUT2D eigenvalue weighted by molar-refractivity contribution is 0.0182.